The summed E-state index contributed by atoms with van der Waals surface area (Å²) in [5.74, 6) is 12.8. The Labute approximate surface area is 727 Å². The number of amides is 4. The maximum absolute atomic E-state index is 10.8. The van der Waals surface area contributed by atoms with Gasteiger partial charge in [0.1, 0.15) is 17.5 Å². The Morgan fingerprint density at radius 1 is 0.442 bits per heavy atom. The molecule has 1 unspecified atom stereocenters. The Morgan fingerprint density at radius 3 is 0.900 bits per heavy atom. The smallest absolute Gasteiger partial charge is 0.222 e. The van der Waals surface area contributed by atoms with Gasteiger partial charge in [-0.05, 0) is 103 Å². The molecule has 1 aliphatic rings. The van der Waals surface area contributed by atoms with Gasteiger partial charge in [0.15, 0.2) is 18.3 Å². The standard InChI is InChI=1S/2C9H16N2.C8H18O.C8H16O.2C7H16N2.2C7H15NO.2C5H9N3.2C4H8N4.2C4H9NO/c2*1-6(2)8-5-10-9(11-8)7(3)4;2*1-6(2)5-8(9)7(3)4;2*1-5(2)7(8)9-6(3)4;2*1-5(2)7(9)8-6(3)4;1-4(2)5-6-3-7-8-5;1-4(2)5-3-6-8-7-5;2*1-3(2)4-5-7-8-6-4;2*1-3(2)4(5)6/h2*5-7H,1-4H3,(H,10,11);6-9H,5H2,1-4H3;5-7,9H,1-4H3;2*5-6H,1-4H3,(H2,8,9);2*5-6H,1-4H3,(H,8,9);4H,3H2,1-2H3;3-4H,1-2H3,(H,6,7,8);2*3H,1-2H3,(H,5,6,7,8);2*3H,1-2H3,(H2,5,6)/b;;;8-5-;;;;;;;;;;. The van der Waals surface area contributed by atoms with Crippen LogP contribution in [-0.2, 0) is 19.2 Å². The lowest BCUT2D eigenvalue weighted by Gasteiger charge is -2.15. The first-order valence-corrected chi connectivity index (χ1v) is 43.2. The number of aromatic amines is 5. The van der Waals surface area contributed by atoms with Crippen LogP contribution < -0.4 is 33.6 Å². The molecule has 32 nitrogen and oxygen atoms in total. The summed E-state index contributed by atoms with van der Waals surface area (Å²) in [6, 6.07) is 1.18. The van der Waals surface area contributed by atoms with Crippen LogP contribution in [0.15, 0.2) is 55.6 Å². The highest BCUT2D eigenvalue weighted by molar-refractivity contribution is 5.85. The number of tetrazole rings is 2. The van der Waals surface area contributed by atoms with Crippen molar-refractivity contribution in [3.63, 3.8) is 0 Å². The van der Waals surface area contributed by atoms with E-state index in [1.165, 1.54) is 11.4 Å². The summed E-state index contributed by atoms with van der Waals surface area (Å²) >= 11 is 0. The van der Waals surface area contributed by atoms with Crippen LogP contribution in [0.2, 0.25) is 0 Å². The summed E-state index contributed by atoms with van der Waals surface area (Å²) in [5.41, 5.74) is 24.2. The van der Waals surface area contributed by atoms with Gasteiger partial charge in [-0.2, -0.15) is 31.0 Å². The van der Waals surface area contributed by atoms with Crippen molar-refractivity contribution >= 4 is 41.1 Å². The van der Waals surface area contributed by atoms with Crippen molar-refractivity contribution in [1.29, 1.82) is 0 Å². The summed E-state index contributed by atoms with van der Waals surface area (Å²) in [6.45, 7) is 89.3. The van der Waals surface area contributed by atoms with Crippen LogP contribution in [0.4, 0.5) is 0 Å². The Kier molecular flexibility index (Phi) is 78.4. The van der Waals surface area contributed by atoms with E-state index in [0.717, 1.165) is 52.9 Å². The van der Waals surface area contributed by atoms with Gasteiger partial charge in [-0.1, -0.05) is 260 Å². The van der Waals surface area contributed by atoms with Gasteiger partial charge in [-0.25, -0.2) is 15.0 Å². The molecule has 0 spiro atoms. The normalized spacial score (nSPS) is 12.0. The average molecular weight is 1700 g/mol. The van der Waals surface area contributed by atoms with E-state index in [9.17, 15) is 24.3 Å². The number of hydrogen-bond acceptors (Lipinski definition) is 21. The van der Waals surface area contributed by atoms with E-state index in [-0.39, 0.29) is 71.4 Å². The number of nitrogens with zero attached hydrogens (tertiary/aromatic N) is 15. The zero-order valence-electron chi connectivity index (χ0n) is 83.5. The quantitative estimate of drug-likeness (QED) is 0.0164. The molecule has 6 rings (SSSR count). The summed E-state index contributed by atoms with van der Waals surface area (Å²) in [4.78, 5) is 69.1. The number of nitrogens with one attached hydrogen (secondary N) is 7. The topological polar surface area (TPSA) is 507 Å². The fourth-order valence-electron chi connectivity index (χ4n) is 6.82. The van der Waals surface area contributed by atoms with Crippen molar-refractivity contribution in [2.45, 2.75) is 383 Å². The number of H-pyrrole nitrogens is 5. The number of azo groups is 1. The number of aliphatic hydroxyl groups excluding tert-OH is 2. The van der Waals surface area contributed by atoms with Crippen LogP contribution in [0.5, 0.6) is 0 Å². The van der Waals surface area contributed by atoms with Crippen LogP contribution in [0.3, 0.4) is 0 Å². The molecule has 0 radical (unpaired) electrons. The third-order valence-electron chi connectivity index (χ3n) is 15.0. The molecule has 698 valence electrons. The molecule has 120 heavy (non-hydrogen) atoms. The van der Waals surface area contributed by atoms with E-state index in [2.05, 4.69) is 223 Å². The van der Waals surface area contributed by atoms with E-state index in [4.69, 9.17) is 28.0 Å². The zero-order valence-corrected chi connectivity index (χ0v) is 83.5. The Morgan fingerprint density at radius 2 is 0.792 bits per heavy atom. The Balaban J connectivity index is -0.000000188. The Bertz CT molecular complexity index is 3070. The maximum atomic E-state index is 10.8. The molecule has 17 N–H and O–H groups in total. The molecule has 0 saturated heterocycles. The number of primary amides is 2. The average Bonchev–Trinajstić information content (AvgIpc) is 1.76. The van der Waals surface area contributed by atoms with Crippen molar-refractivity contribution in [2.24, 2.45) is 113 Å². The molecule has 5 aromatic heterocycles. The van der Waals surface area contributed by atoms with Crippen LogP contribution in [-0.4, -0.2) is 165 Å². The number of aromatic nitrogens is 15. The number of carbonyl (C=O) groups excluding carboxylic acids is 4. The first-order valence-electron chi connectivity index (χ1n) is 43.2. The van der Waals surface area contributed by atoms with Gasteiger partial charge in [0.2, 0.25) is 23.6 Å². The Hall–Kier alpha value is -8.71. The van der Waals surface area contributed by atoms with Crippen molar-refractivity contribution in [1.82, 2.24) is 87.2 Å². The van der Waals surface area contributed by atoms with Crippen LogP contribution in [0.1, 0.15) is 393 Å². The van der Waals surface area contributed by atoms with Crippen LogP contribution in [0, 0.1) is 65.1 Å². The molecule has 1 atom stereocenters. The van der Waals surface area contributed by atoms with E-state index < -0.39 is 0 Å². The second-order valence-electron chi connectivity index (χ2n) is 35.8. The number of carbonyl (C=O) groups is 4. The molecule has 32 heteroatoms. The van der Waals surface area contributed by atoms with Gasteiger partial charge < -0.3 is 53.7 Å². The van der Waals surface area contributed by atoms with Gasteiger partial charge in [0.05, 0.1) is 35.4 Å². The molecule has 0 fully saturated rings. The fourth-order valence-corrected chi connectivity index (χ4v) is 6.82. The first kappa shape index (κ1) is 127. The van der Waals surface area contributed by atoms with Gasteiger partial charge in [0, 0.05) is 119 Å². The van der Waals surface area contributed by atoms with Gasteiger partial charge >= 0.3 is 0 Å². The minimum atomic E-state index is -0.241. The van der Waals surface area contributed by atoms with E-state index >= 15 is 0 Å². The van der Waals surface area contributed by atoms with Crippen molar-refractivity contribution in [3.8, 4) is 0 Å². The lowest BCUT2D eigenvalue weighted by atomic mass is 9.98. The number of imidazole rings is 2. The predicted molar refractivity (Wildman–Crippen MR) is 501 cm³/mol. The molecule has 4 amide bonds. The highest BCUT2D eigenvalue weighted by atomic mass is 16.3. The molecule has 5 aromatic rings. The summed E-state index contributed by atoms with van der Waals surface area (Å²) in [7, 11) is 0. The number of allylic oxidation sites excluding steroid dienone is 2. The molecule has 1 aliphatic heterocycles. The number of aliphatic imine (C=N–C) groups is 3. The SMILES string of the molecule is CC(C)/C=C(\O)C(C)C.CC(C)C(N)=O.CC(C)C(N)=O.CC(C)C1=NCN=N1.CC(C)CC(O)C(C)C.CC(C)N=C(N)C(C)C.CC(C)N=C(N)C(C)C.CC(C)NC(=O)C(C)C.CC(C)NC(=O)C(C)C.CC(C)c1cn[nH]n1.CC(C)c1cnc(C(C)C)[nH]1.CC(C)c1cnc(C(C)C)[nH]1.CC(C)c1nn[nH]n1.CC(C)c1nn[nH]n1. The fraction of sp³-hybridized carbons (Fsp3) is 0.784. The van der Waals surface area contributed by atoms with Crippen LogP contribution in [0.25, 0.3) is 0 Å². The van der Waals surface area contributed by atoms with E-state index in [0.29, 0.717) is 101 Å². The molecule has 0 bridgehead atoms. The molecule has 0 aliphatic carbocycles. The largest absolute Gasteiger partial charge is 0.512 e. The number of aliphatic hydroxyl groups is 2. The second-order valence-corrected chi connectivity index (χ2v) is 35.8. The number of rotatable bonds is 23. The highest BCUT2D eigenvalue weighted by Gasteiger charge is 2.13. The minimum Gasteiger partial charge on any atom is -0.512 e. The lowest BCUT2D eigenvalue weighted by Crippen LogP contribution is -2.33. The third-order valence-corrected chi connectivity index (χ3v) is 15.0. The van der Waals surface area contributed by atoms with Gasteiger partial charge in [0.25, 0.3) is 0 Å². The third kappa shape index (κ3) is 81.6. The van der Waals surface area contributed by atoms with Gasteiger partial charge in [-0.3, -0.25) is 29.2 Å². The molecular weight excluding hydrogens is 1520 g/mol. The van der Waals surface area contributed by atoms with Crippen molar-refractivity contribution < 1.29 is 29.4 Å². The first-order chi connectivity index (χ1) is 54.9. The maximum Gasteiger partial charge on any atom is 0.222 e. The number of hydrogen-bond donors (Lipinski definition) is 13. The molecule has 0 aromatic carbocycles. The lowest BCUT2D eigenvalue weighted by molar-refractivity contribution is -0.125. The van der Waals surface area contributed by atoms with Crippen molar-refractivity contribution in [3.05, 3.63) is 70.8 Å². The summed E-state index contributed by atoms with van der Waals surface area (Å²) in [6.07, 6.45) is 8.30. The monoisotopic (exact) mass is 1700 g/mol. The molecule has 6 heterocycles. The van der Waals surface area contributed by atoms with Crippen LogP contribution >= 0.6 is 0 Å². The minimum absolute atomic E-state index is 0.00926. The van der Waals surface area contributed by atoms with Crippen molar-refractivity contribution in [2.75, 3.05) is 6.67 Å². The van der Waals surface area contributed by atoms with Gasteiger partial charge in [-0.15, -0.1) is 25.5 Å². The van der Waals surface area contributed by atoms with E-state index in [1.807, 2.05) is 185 Å². The predicted octanol–water partition coefficient (Wildman–Crippen LogP) is 18.5. The number of nitrogens with two attached hydrogens (primary N) is 4. The second kappa shape index (κ2) is 74.1. The zero-order chi connectivity index (χ0) is 95.7. The summed E-state index contributed by atoms with van der Waals surface area (Å²) < 4.78 is 0. The summed E-state index contributed by atoms with van der Waals surface area (Å²) in [5, 5.41) is 68.3. The molecular formula is C88H180N26O6. The molecule has 0 saturated carbocycles. The number of amidine groups is 3. The highest BCUT2D eigenvalue weighted by Crippen LogP contribution is 2.18. The van der Waals surface area contributed by atoms with E-state index in [1.54, 1.807) is 33.9 Å².